The first-order valence-corrected chi connectivity index (χ1v) is 5.93. The lowest BCUT2D eigenvalue weighted by molar-refractivity contribution is 0.271. The fourth-order valence-electron chi connectivity index (χ4n) is 1.06. The predicted octanol–water partition coefficient (Wildman–Crippen LogP) is 2.57. The molecular formula is C7H13ClO4S. The zero-order valence-corrected chi connectivity index (χ0v) is 8.77. The first kappa shape index (κ1) is 12.9. The van der Waals surface area contributed by atoms with E-state index in [0.29, 0.717) is 0 Å². The van der Waals surface area contributed by atoms with Gasteiger partial charge < -0.3 is 0 Å². The van der Waals surface area contributed by atoms with Gasteiger partial charge in [0.15, 0.2) is 0 Å². The molecule has 0 aromatic carbocycles. The van der Waals surface area contributed by atoms with Gasteiger partial charge in [0.1, 0.15) is 0 Å². The minimum Gasteiger partial charge on any atom is -0.279 e. The molecule has 0 saturated heterocycles. The average molecular weight is 229 g/mol. The molecule has 1 saturated carbocycles. The highest BCUT2D eigenvalue weighted by Gasteiger charge is 2.12. The molecule has 0 unspecified atom stereocenters. The highest BCUT2D eigenvalue weighted by molar-refractivity contribution is 8.04. The minimum atomic E-state index is -4.61. The quantitative estimate of drug-likeness (QED) is 0.511. The van der Waals surface area contributed by atoms with Crippen molar-refractivity contribution in [3.05, 3.63) is 0 Å². The smallest absolute Gasteiger partial charge is 0.279 e. The molecule has 6 heteroatoms. The Bertz CT molecular complexity index is 232. The second-order valence-electron chi connectivity index (χ2n) is 2.83. The molecule has 1 rings (SSSR count). The number of carbonyl (C=O) groups is 1. The van der Waals surface area contributed by atoms with Crippen LogP contribution in [0.1, 0.15) is 38.5 Å². The Labute approximate surface area is 83.0 Å². The van der Waals surface area contributed by atoms with Gasteiger partial charge in [-0.2, -0.15) is 8.42 Å². The Balaban J connectivity index is 0.000000223. The highest BCUT2D eigenvalue weighted by atomic mass is 35.5. The van der Waals surface area contributed by atoms with E-state index in [1.54, 1.807) is 0 Å². The van der Waals surface area contributed by atoms with Gasteiger partial charge in [0.2, 0.25) is 0 Å². The first-order chi connectivity index (χ1) is 5.94. The van der Waals surface area contributed by atoms with Crippen molar-refractivity contribution in [2.45, 2.75) is 38.5 Å². The monoisotopic (exact) mass is 228 g/mol. The predicted molar refractivity (Wildman–Crippen MR) is 50.5 cm³/mol. The summed E-state index contributed by atoms with van der Waals surface area (Å²) in [6, 6.07) is 0. The van der Waals surface area contributed by atoms with Gasteiger partial charge in [0.25, 0.3) is 0 Å². The third-order valence-corrected chi connectivity index (χ3v) is 2.69. The number of hydrogen-bond donors (Lipinski definition) is 1. The van der Waals surface area contributed by atoms with E-state index >= 15 is 0 Å². The largest absolute Gasteiger partial charge is 0.363 e. The molecule has 0 amide bonds. The van der Waals surface area contributed by atoms with Crippen molar-refractivity contribution in [1.82, 2.24) is 0 Å². The summed E-state index contributed by atoms with van der Waals surface area (Å²) in [6.45, 7) is 0. The third-order valence-electron chi connectivity index (χ3n) is 1.70. The van der Waals surface area contributed by atoms with E-state index in [9.17, 15) is 13.2 Å². The lowest BCUT2D eigenvalue weighted by Crippen LogP contribution is -2.02. The summed E-state index contributed by atoms with van der Waals surface area (Å²) >= 11 is 4.28. The summed E-state index contributed by atoms with van der Waals surface area (Å²) < 4.78 is 24.6. The van der Waals surface area contributed by atoms with Gasteiger partial charge in [-0.1, -0.05) is 38.5 Å². The van der Waals surface area contributed by atoms with Crippen molar-refractivity contribution < 1.29 is 17.8 Å². The van der Waals surface area contributed by atoms with Crippen molar-refractivity contribution in [1.29, 1.82) is 0 Å². The summed E-state index contributed by atoms with van der Waals surface area (Å²) in [5.74, 6) is 0. The second kappa shape index (κ2) is 6.34. The maximum Gasteiger partial charge on any atom is 0.363 e. The van der Waals surface area contributed by atoms with Crippen LogP contribution in [0.25, 0.3) is 0 Å². The van der Waals surface area contributed by atoms with E-state index in [4.69, 9.17) is 4.55 Å². The lowest BCUT2D eigenvalue weighted by atomic mass is 10.0. The molecular weight excluding hydrogens is 216 g/mol. The Morgan fingerprint density at radius 2 is 1.15 bits per heavy atom. The molecule has 4 nitrogen and oxygen atoms in total. The van der Waals surface area contributed by atoms with Gasteiger partial charge in [-0.3, -0.25) is 9.35 Å². The van der Waals surface area contributed by atoms with Crippen molar-refractivity contribution in [3.63, 3.8) is 0 Å². The molecule has 0 aromatic heterocycles. The molecule has 0 radical (unpaired) electrons. The average Bonchev–Trinajstić information content (AvgIpc) is 2.07. The van der Waals surface area contributed by atoms with Crippen LogP contribution in [-0.4, -0.2) is 17.5 Å². The van der Waals surface area contributed by atoms with E-state index in [2.05, 4.69) is 11.6 Å². The molecule has 1 fully saturated rings. The fraction of sp³-hybridized carbons (Fsp3) is 0.857. The van der Waals surface area contributed by atoms with Crippen LogP contribution in [-0.2, 0) is 10.1 Å². The summed E-state index contributed by atoms with van der Waals surface area (Å²) in [7, 11) is -4.61. The Kier molecular flexibility index (Phi) is 6.28. The van der Waals surface area contributed by atoms with Crippen LogP contribution in [0.2, 0.25) is 0 Å². The molecule has 0 aromatic rings. The summed E-state index contributed by atoms with van der Waals surface area (Å²) in [5.41, 5.74) is 0. The standard InChI is InChI=1S/C6H12.CHClO4S/c1-2-4-6-5-3-1;2-1(3)7(4,5)6/h1-6H2;(H,4,5,6). The number of hydrogen-bond acceptors (Lipinski definition) is 3. The molecule has 78 valence electrons. The van der Waals surface area contributed by atoms with E-state index < -0.39 is 14.7 Å². The molecule has 1 aliphatic carbocycles. The van der Waals surface area contributed by atoms with Crippen molar-refractivity contribution in [2.75, 3.05) is 0 Å². The molecule has 0 bridgehead atoms. The van der Waals surface area contributed by atoms with Crippen molar-refractivity contribution >= 4 is 26.3 Å². The van der Waals surface area contributed by atoms with Gasteiger partial charge in [-0.25, -0.2) is 0 Å². The number of halogens is 1. The number of rotatable bonds is 0. The van der Waals surface area contributed by atoms with Crippen molar-refractivity contribution in [3.8, 4) is 0 Å². The van der Waals surface area contributed by atoms with Crippen LogP contribution in [0, 0.1) is 0 Å². The summed E-state index contributed by atoms with van der Waals surface area (Å²) in [6.07, 6.45) is 9.00. The van der Waals surface area contributed by atoms with Crippen LogP contribution >= 0.6 is 11.6 Å². The van der Waals surface area contributed by atoms with Crippen LogP contribution in [0.4, 0.5) is 4.79 Å². The van der Waals surface area contributed by atoms with Crippen LogP contribution in [0.15, 0.2) is 0 Å². The van der Waals surface area contributed by atoms with Gasteiger partial charge >= 0.3 is 14.7 Å². The van der Waals surface area contributed by atoms with Gasteiger partial charge in [-0.15, -0.1) is 0 Å². The maximum absolute atomic E-state index is 9.41. The second-order valence-corrected chi connectivity index (χ2v) is 4.72. The molecule has 13 heavy (non-hydrogen) atoms. The molecule has 1 N–H and O–H groups in total. The SMILES string of the molecule is C1CCCCC1.O=C(Cl)S(=O)(=O)O. The molecule has 0 heterocycles. The highest BCUT2D eigenvalue weighted by Crippen LogP contribution is 2.15. The molecule has 0 spiro atoms. The molecule has 0 atom stereocenters. The van der Waals surface area contributed by atoms with Gasteiger partial charge in [0, 0.05) is 0 Å². The number of carbonyl (C=O) groups excluding carboxylic acids is 1. The van der Waals surface area contributed by atoms with E-state index in [-0.39, 0.29) is 0 Å². The zero-order chi connectivity index (χ0) is 10.3. The van der Waals surface area contributed by atoms with E-state index in [0.717, 1.165) is 0 Å². The van der Waals surface area contributed by atoms with Crippen LogP contribution in [0.5, 0.6) is 0 Å². The normalized spacial score (nSPS) is 17.1. The van der Waals surface area contributed by atoms with Crippen LogP contribution < -0.4 is 0 Å². The Hall–Kier alpha value is -0.130. The first-order valence-electron chi connectivity index (χ1n) is 4.11. The van der Waals surface area contributed by atoms with E-state index in [1.807, 2.05) is 0 Å². The van der Waals surface area contributed by atoms with Gasteiger partial charge in [0.05, 0.1) is 0 Å². The lowest BCUT2D eigenvalue weighted by Gasteiger charge is -2.05. The fourth-order valence-corrected chi connectivity index (χ4v) is 1.06. The summed E-state index contributed by atoms with van der Waals surface area (Å²) in [5, 5.41) is 0. The van der Waals surface area contributed by atoms with Crippen LogP contribution in [0.3, 0.4) is 0 Å². The van der Waals surface area contributed by atoms with Crippen molar-refractivity contribution in [2.24, 2.45) is 0 Å². The topological polar surface area (TPSA) is 71.4 Å². The Morgan fingerprint density at radius 3 is 1.23 bits per heavy atom. The molecule has 1 aliphatic rings. The van der Waals surface area contributed by atoms with E-state index in [1.165, 1.54) is 38.5 Å². The molecule has 0 aliphatic heterocycles. The Morgan fingerprint density at radius 1 is 1.00 bits per heavy atom. The van der Waals surface area contributed by atoms with Gasteiger partial charge in [-0.05, 0) is 11.6 Å². The third kappa shape index (κ3) is 8.21. The zero-order valence-electron chi connectivity index (χ0n) is 7.20. The minimum absolute atomic E-state index is 1.50. The maximum atomic E-state index is 9.41. The summed E-state index contributed by atoms with van der Waals surface area (Å²) in [4.78, 5) is 9.39.